The van der Waals surface area contributed by atoms with Crippen LogP contribution < -0.4 is 5.32 Å². The van der Waals surface area contributed by atoms with Crippen LogP contribution in [0.3, 0.4) is 0 Å². The molecule has 0 saturated heterocycles. The van der Waals surface area contributed by atoms with Crippen molar-refractivity contribution in [3.8, 4) is 0 Å². The molecule has 0 heterocycles. The zero-order valence-corrected chi connectivity index (χ0v) is 15.1. The molecular weight excluding hydrogens is 292 g/mol. The van der Waals surface area contributed by atoms with Crippen molar-refractivity contribution < 1.29 is 0 Å². The Morgan fingerprint density at radius 3 is 2.83 bits per heavy atom. The summed E-state index contributed by atoms with van der Waals surface area (Å²) in [5.41, 5.74) is 7.52. The van der Waals surface area contributed by atoms with Crippen LogP contribution in [0.2, 0.25) is 0 Å². The number of rotatable bonds is 6. The molecule has 0 fully saturated rings. The molecule has 2 rings (SSSR count). The molecule has 1 N–H and O–H groups in total. The molecule has 0 amide bonds. The average Bonchev–Trinajstić information content (AvgIpc) is 2.62. The van der Waals surface area contributed by atoms with Gasteiger partial charge in [0.1, 0.15) is 0 Å². The largest absolute Gasteiger partial charge is 0.393 e. The van der Waals surface area contributed by atoms with Crippen molar-refractivity contribution >= 4 is 17.4 Å². The first kappa shape index (κ1) is 18.0. The minimum absolute atomic E-state index is 0.957. The van der Waals surface area contributed by atoms with Gasteiger partial charge in [0.15, 0.2) is 0 Å². The van der Waals surface area contributed by atoms with E-state index in [0.717, 1.165) is 30.5 Å². The van der Waals surface area contributed by atoms with Crippen LogP contribution >= 0.6 is 0 Å². The highest BCUT2D eigenvalue weighted by atomic mass is 14.8. The van der Waals surface area contributed by atoms with Crippen LogP contribution in [0, 0.1) is 0 Å². The van der Waals surface area contributed by atoms with E-state index in [2.05, 4.69) is 54.2 Å². The zero-order valence-electron chi connectivity index (χ0n) is 15.1. The fourth-order valence-corrected chi connectivity index (χ4v) is 3.01. The summed E-state index contributed by atoms with van der Waals surface area (Å²) in [6, 6.07) is 6.75. The molecule has 0 bridgehead atoms. The lowest BCUT2D eigenvalue weighted by Gasteiger charge is -2.20. The van der Waals surface area contributed by atoms with Crippen LogP contribution in [0.4, 0.5) is 0 Å². The summed E-state index contributed by atoms with van der Waals surface area (Å²) < 4.78 is 0. The Morgan fingerprint density at radius 2 is 2.17 bits per heavy atom. The molecule has 1 aromatic carbocycles. The maximum Gasteiger partial charge on any atom is 0.0586 e. The lowest BCUT2D eigenvalue weighted by molar-refractivity contribution is 0.821. The van der Waals surface area contributed by atoms with Gasteiger partial charge in [0.2, 0.25) is 0 Å². The van der Waals surface area contributed by atoms with E-state index in [0.29, 0.717) is 0 Å². The second-order valence-electron chi connectivity index (χ2n) is 5.92. The number of fused-ring (bicyclic) bond motifs is 1. The van der Waals surface area contributed by atoms with Crippen molar-refractivity contribution in [3.05, 3.63) is 71.6 Å². The van der Waals surface area contributed by atoms with E-state index in [1.165, 1.54) is 28.7 Å². The number of hydrogen-bond acceptors (Lipinski definition) is 2. The number of aryl methyl sites for hydroxylation is 1. The number of hydrogen-bond donors (Lipinski definition) is 1. The Hall–Kier alpha value is -2.35. The molecule has 1 aliphatic carbocycles. The van der Waals surface area contributed by atoms with Crippen molar-refractivity contribution in [1.82, 2.24) is 5.32 Å². The third-order valence-electron chi connectivity index (χ3n) is 4.24. The van der Waals surface area contributed by atoms with E-state index in [1.807, 2.05) is 32.5 Å². The molecule has 1 aliphatic rings. The van der Waals surface area contributed by atoms with Gasteiger partial charge in [-0.05, 0) is 72.6 Å². The second kappa shape index (κ2) is 9.07. The van der Waals surface area contributed by atoms with E-state index in [4.69, 9.17) is 0 Å². The second-order valence-corrected chi connectivity index (χ2v) is 5.92. The van der Waals surface area contributed by atoms with Crippen molar-refractivity contribution in [2.45, 2.75) is 39.5 Å². The van der Waals surface area contributed by atoms with Crippen molar-refractivity contribution in [2.75, 3.05) is 7.05 Å². The first-order valence-corrected chi connectivity index (χ1v) is 8.76. The number of nitrogens with one attached hydrogen (secondary N) is 1. The summed E-state index contributed by atoms with van der Waals surface area (Å²) >= 11 is 0. The molecule has 24 heavy (non-hydrogen) atoms. The van der Waals surface area contributed by atoms with Gasteiger partial charge in [0.25, 0.3) is 0 Å². The minimum atomic E-state index is 0.957. The van der Waals surface area contributed by atoms with E-state index in [-0.39, 0.29) is 0 Å². The van der Waals surface area contributed by atoms with Gasteiger partial charge >= 0.3 is 0 Å². The Balaban J connectivity index is 2.46. The lowest BCUT2D eigenvalue weighted by atomic mass is 9.85. The van der Waals surface area contributed by atoms with Crippen LogP contribution in [-0.4, -0.2) is 13.3 Å². The van der Waals surface area contributed by atoms with Gasteiger partial charge in [0, 0.05) is 19.5 Å². The van der Waals surface area contributed by atoms with E-state index in [1.54, 1.807) is 0 Å². The number of benzene rings is 1. The van der Waals surface area contributed by atoms with Crippen molar-refractivity contribution in [3.63, 3.8) is 0 Å². The molecule has 0 atom stereocenters. The molecule has 0 saturated carbocycles. The lowest BCUT2D eigenvalue weighted by Crippen LogP contribution is -2.03. The van der Waals surface area contributed by atoms with Crippen LogP contribution in [0.5, 0.6) is 0 Å². The van der Waals surface area contributed by atoms with Gasteiger partial charge in [-0.1, -0.05) is 37.8 Å². The molecule has 0 aromatic heterocycles. The van der Waals surface area contributed by atoms with Crippen LogP contribution in [0.15, 0.2) is 59.9 Å². The first-order valence-electron chi connectivity index (χ1n) is 8.76. The zero-order chi connectivity index (χ0) is 17.4. The Bertz CT molecular complexity index is 703. The maximum absolute atomic E-state index is 4.55. The highest BCUT2D eigenvalue weighted by Gasteiger charge is 2.15. The number of allylic oxidation sites excluding steroid dienone is 5. The van der Waals surface area contributed by atoms with Crippen LogP contribution in [0.25, 0.3) is 11.1 Å². The summed E-state index contributed by atoms with van der Waals surface area (Å²) in [6.07, 6.45) is 14.6. The predicted octanol–water partition coefficient (Wildman–Crippen LogP) is 5.54. The molecule has 1 aromatic rings. The molecule has 2 nitrogen and oxygen atoms in total. The normalized spacial score (nSPS) is 17.2. The van der Waals surface area contributed by atoms with Gasteiger partial charge in [-0.15, -0.1) is 0 Å². The van der Waals surface area contributed by atoms with Gasteiger partial charge in [-0.3, -0.25) is 4.99 Å². The summed E-state index contributed by atoms with van der Waals surface area (Å²) in [5, 5.41) is 3.10. The quantitative estimate of drug-likeness (QED) is 0.540. The Morgan fingerprint density at radius 1 is 1.33 bits per heavy atom. The summed E-state index contributed by atoms with van der Waals surface area (Å²) in [6.45, 7) is 8.09. The summed E-state index contributed by atoms with van der Waals surface area (Å²) in [7, 11) is 1.91. The molecule has 2 heteroatoms. The monoisotopic (exact) mass is 320 g/mol. The predicted molar refractivity (Wildman–Crippen MR) is 107 cm³/mol. The molecule has 0 unspecified atom stereocenters. The van der Waals surface area contributed by atoms with Gasteiger partial charge in [0.05, 0.1) is 5.70 Å². The SMILES string of the molecule is C=C/C(=C\NC)c1ccc2c(c1)/C(=C/C(=C/C)N=CCC)CCC2. The third kappa shape index (κ3) is 4.35. The van der Waals surface area contributed by atoms with E-state index >= 15 is 0 Å². The topological polar surface area (TPSA) is 24.4 Å². The van der Waals surface area contributed by atoms with Crippen molar-refractivity contribution in [2.24, 2.45) is 4.99 Å². The number of nitrogens with zero attached hydrogens (tertiary/aromatic N) is 1. The summed E-state index contributed by atoms with van der Waals surface area (Å²) in [5.74, 6) is 0. The van der Waals surface area contributed by atoms with Crippen molar-refractivity contribution in [1.29, 1.82) is 0 Å². The third-order valence-corrected chi connectivity index (χ3v) is 4.24. The van der Waals surface area contributed by atoms with E-state index < -0.39 is 0 Å². The fourth-order valence-electron chi connectivity index (χ4n) is 3.01. The molecule has 0 radical (unpaired) electrons. The van der Waals surface area contributed by atoms with Crippen LogP contribution in [-0.2, 0) is 6.42 Å². The standard InChI is InChI=1S/C22H28N2/c1-5-13-24-21(7-3)14-20-10-8-9-18-11-12-19(15-22(18)20)17(6-2)16-23-4/h6-7,11-16,23H,2,5,8-10H2,1,3-4H3/b17-16+,20-14+,21-7-,24-13?. The van der Waals surface area contributed by atoms with E-state index in [9.17, 15) is 0 Å². The number of aliphatic imine (C=N–C) groups is 1. The maximum atomic E-state index is 4.55. The highest BCUT2D eigenvalue weighted by molar-refractivity contribution is 5.79. The molecular formula is C22H28N2. The van der Waals surface area contributed by atoms with Gasteiger partial charge < -0.3 is 5.32 Å². The van der Waals surface area contributed by atoms with Gasteiger partial charge in [-0.2, -0.15) is 0 Å². The molecule has 126 valence electrons. The summed E-state index contributed by atoms with van der Waals surface area (Å²) in [4.78, 5) is 4.55. The Kier molecular flexibility index (Phi) is 6.80. The first-order chi connectivity index (χ1) is 11.7. The minimum Gasteiger partial charge on any atom is -0.393 e. The fraction of sp³-hybridized carbons (Fsp3) is 0.318. The average molecular weight is 320 g/mol. The highest BCUT2D eigenvalue weighted by Crippen LogP contribution is 2.34. The van der Waals surface area contributed by atoms with Gasteiger partial charge in [-0.25, -0.2) is 0 Å². The molecule has 0 aliphatic heterocycles. The smallest absolute Gasteiger partial charge is 0.0586 e. The van der Waals surface area contributed by atoms with Crippen LogP contribution in [0.1, 0.15) is 49.8 Å². The molecule has 0 spiro atoms. The Labute approximate surface area is 146 Å².